The number of hydrogen-bond donors (Lipinski definition) is 1. The fourth-order valence-corrected chi connectivity index (χ4v) is 1.73. The van der Waals surface area contributed by atoms with Gasteiger partial charge in [0.25, 0.3) is 0 Å². The first-order chi connectivity index (χ1) is 7.27. The highest BCUT2D eigenvalue weighted by Gasteiger charge is 2.13. The molecule has 0 radical (unpaired) electrons. The maximum Gasteiger partial charge on any atom is 0.188 e. The lowest BCUT2D eigenvalue weighted by Gasteiger charge is -2.19. The molecular weight excluding hydrogens is 188 g/mol. The molecule has 1 unspecified atom stereocenters. The summed E-state index contributed by atoms with van der Waals surface area (Å²) in [6, 6.07) is 0. The van der Waals surface area contributed by atoms with Crippen molar-refractivity contribution in [2.75, 3.05) is 20.2 Å². The molecule has 1 heterocycles. The highest BCUT2D eigenvalue weighted by molar-refractivity contribution is 5.78. The Kier molecular flexibility index (Phi) is 5.40. The van der Waals surface area contributed by atoms with Crippen LogP contribution in [-0.4, -0.2) is 26.1 Å². The predicted molar refractivity (Wildman–Crippen MR) is 64.1 cm³/mol. The van der Waals surface area contributed by atoms with E-state index in [1.54, 1.807) is 0 Å². The van der Waals surface area contributed by atoms with Gasteiger partial charge in [-0.25, -0.2) is 4.99 Å². The minimum Gasteiger partial charge on any atom is -0.481 e. The lowest BCUT2D eigenvalue weighted by atomic mass is 9.93. The molecule has 0 aromatic heterocycles. The van der Waals surface area contributed by atoms with Crippen molar-refractivity contribution in [1.29, 1.82) is 0 Å². The van der Waals surface area contributed by atoms with Gasteiger partial charge >= 0.3 is 0 Å². The molecule has 1 atom stereocenters. The molecule has 0 fully saturated rings. The van der Waals surface area contributed by atoms with Gasteiger partial charge in [0.1, 0.15) is 0 Å². The van der Waals surface area contributed by atoms with Crippen molar-refractivity contribution in [2.24, 2.45) is 10.9 Å². The van der Waals surface area contributed by atoms with Gasteiger partial charge in [-0.15, -0.1) is 0 Å². The third kappa shape index (κ3) is 4.04. The summed E-state index contributed by atoms with van der Waals surface area (Å²) < 4.78 is 5.39. The molecule has 86 valence electrons. The molecule has 15 heavy (non-hydrogen) atoms. The van der Waals surface area contributed by atoms with Gasteiger partial charge in [0.15, 0.2) is 5.90 Å². The summed E-state index contributed by atoms with van der Waals surface area (Å²) in [6.07, 6.45) is 5.24. The minimum absolute atomic E-state index is 0.629. The quantitative estimate of drug-likeness (QED) is 0.755. The molecule has 1 aliphatic heterocycles. The van der Waals surface area contributed by atoms with Gasteiger partial charge in [-0.2, -0.15) is 0 Å². The maximum atomic E-state index is 5.39. The Hall–Kier alpha value is -0.830. The van der Waals surface area contributed by atoms with Crippen molar-refractivity contribution in [3.63, 3.8) is 0 Å². The first kappa shape index (κ1) is 12.2. The topological polar surface area (TPSA) is 33.6 Å². The zero-order valence-corrected chi connectivity index (χ0v) is 10.0. The SMILES string of the molecule is CCOC1=NC=C(C(C)CCNC)CC1. The molecule has 0 aromatic rings. The molecule has 3 nitrogen and oxygen atoms in total. The van der Waals surface area contributed by atoms with E-state index in [1.165, 1.54) is 12.0 Å². The fourth-order valence-electron chi connectivity index (χ4n) is 1.73. The monoisotopic (exact) mass is 210 g/mol. The molecule has 0 aromatic carbocycles. The van der Waals surface area contributed by atoms with E-state index in [2.05, 4.69) is 17.2 Å². The van der Waals surface area contributed by atoms with E-state index in [1.807, 2.05) is 20.2 Å². The van der Waals surface area contributed by atoms with Gasteiger partial charge < -0.3 is 10.1 Å². The molecule has 0 bridgehead atoms. The highest BCUT2D eigenvalue weighted by atomic mass is 16.5. The van der Waals surface area contributed by atoms with Crippen LogP contribution in [0.1, 0.15) is 33.1 Å². The van der Waals surface area contributed by atoms with Gasteiger partial charge in [-0.1, -0.05) is 6.92 Å². The molecule has 1 aliphatic rings. The number of aliphatic imine (C=N–C) groups is 1. The highest BCUT2D eigenvalue weighted by Crippen LogP contribution is 2.23. The summed E-state index contributed by atoms with van der Waals surface area (Å²) in [5, 5.41) is 3.18. The van der Waals surface area contributed by atoms with Gasteiger partial charge in [0, 0.05) is 12.6 Å². The number of rotatable bonds is 5. The first-order valence-corrected chi connectivity index (χ1v) is 5.81. The normalized spacial score (nSPS) is 18.1. The molecule has 0 spiro atoms. The summed E-state index contributed by atoms with van der Waals surface area (Å²) in [6.45, 7) is 6.06. The van der Waals surface area contributed by atoms with Crippen LogP contribution in [0.4, 0.5) is 0 Å². The molecule has 0 saturated carbocycles. The van der Waals surface area contributed by atoms with Crippen molar-refractivity contribution in [3.05, 3.63) is 11.8 Å². The molecule has 3 heteroatoms. The Labute approximate surface area is 92.6 Å². The van der Waals surface area contributed by atoms with E-state index in [0.717, 1.165) is 31.9 Å². The van der Waals surface area contributed by atoms with Crippen molar-refractivity contribution in [3.8, 4) is 0 Å². The zero-order valence-electron chi connectivity index (χ0n) is 10.0. The minimum atomic E-state index is 0.629. The van der Waals surface area contributed by atoms with Gasteiger partial charge in [-0.05, 0) is 44.8 Å². The fraction of sp³-hybridized carbons (Fsp3) is 0.750. The Morgan fingerprint density at radius 1 is 1.53 bits per heavy atom. The molecule has 0 amide bonds. The van der Waals surface area contributed by atoms with Crippen LogP contribution in [0, 0.1) is 5.92 Å². The van der Waals surface area contributed by atoms with Gasteiger partial charge in [0.05, 0.1) is 6.61 Å². The lowest BCUT2D eigenvalue weighted by Crippen LogP contribution is -2.15. The van der Waals surface area contributed by atoms with Crippen LogP contribution in [-0.2, 0) is 4.74 Å². The van der Waals surface area contributed by atoms with E-state index >= 15 is 0 Å². The molecular formula is C12H22N2O. The van der Waals surface area contributed by atoms with Crippen molar-refractivity contribution < 1.29 is 4.74 Å². The van der Waals surface area contributed by atoms with Crippen LogP contribution in [0.15, 0.2) is 16.8 Å². The summed E-state index contributed by atoms with van der Waals surface area (Å²) in [5.74, 6) is 1.52. The average molecular weight is 210 g/mol. The van der Waals surface area contributed by atoms with Crippen molar-refractivity contribution in [2.45, 2.75) is 33.1 Å². The number of hydrogen-bond acceptors (Lipinski definition) is 3. The Morgan fingerprint density at radius 3 is 2.87 bits per heavy atom. The predicted octanol–water partition coefficient (Wildman–Crippen LogP) is 2.34. The van der Waals surface area contributed by atoms with Crippen LogP contribution in [0.3, 0.4) is 0 Å². The second-order valence-corrected chi connectivity index (χ2v) is 3.95. The first-order valence-electron chi connectivity index (χ1n) is 5.81. The molecule has 1 rings (SSSR count). The third-order valence-electron chi connectivity index (χ3n) is 2.77. The van der Waals surface area contributed by atoms with Gasteiger partial charge in [0.2, 0.25) is 0 Å². The van der Waals surface area contributed by atoms with E-state index in [-0.39, 0.29) is 0 Å². The number of ether oxygens (including phenoxy) is 1. The van der Waals surface area contributed by atoms with Crippen LogP contribution >= 0.6 is 0 Å². The van der Waals surface area contributed by atoms with Crippen molar-refractivity contribution >= 4 is 5.90 Å². The maximum absolute atomic E-state index is 5.39. The van der Waals surface area contributed by atoms with Crippen LogP contribution in [0.25, 0.3) is 0 Å². The number of nitrogens with zero attached hydrogens (tertiary/aromatic N) is 1. The van der Waals surface area contributed by atoms with Crippen LogP contribution < -0.4 is 5.32 Å². The third-order valence-corrected chi connectivity index (χ3v) is 2.77. The van der Waals surface area contributed by atoms with Crippen molar-refractivity contribution in [1.82, 2.24) is 5.32 Å². The molecule has 0 aliphatic carbocycles. The Morgan fingerprint density at radius 2 is 2.33 bits per heavy atom. The Balaban J connectivity index is 2.43. The van der Waals surface area contributed by atoms with E-state index < -0.39 is 0 Å². The van der Waals surface area contributed by atoms with E-state index in [0.29, 0.717) is 5.92 Å². The smallest absolute Gasteiger partial charge is 0.188 e. The Bertz CT molecular complexity index is 246. The number of allylic oxidation sites excluding steroid dienone is 1. The zero-order chi connectivity index (χ0) is 11.1. The lowest BCUT2D eigenvalue weighted by molar-refractivity contribution is 0.315. The summed E-state index contributed by atoms with van der Waals surface area (Å²) in [5.41, 5.74) is 1.45. The molecule has 1 N–H and O–H groups in total. The van der Waals surface area contributed by atoms with E-state index in [9.17, 15) is 0 Å². The molecule has 0 saturated heterocycles. The second kappa shape index (κ2) is 6.62. The second-order valence-electron chi connectivity index (χ2n) is 3.95. The number of nitrogens with one attached hydrogen (secondary N) is 1. The largest absolute Gasteiger partial charge is 0.481 e. The van der Waals surface area contributed by atoms with E-state index in [4.69, 9.17) is 4.74 Å². The summed E-state index contributed by atoms with van der Waals surface area (Å²) in [7, 11) is 1.99. The average Bonchev–Trinajstić information content (AvgIpc) is 2.27. The van der Waals surface area contributed by atoms with Crippen LogP contribution in [0.2, 0.25) is 0 Å². The summed E-state index contributed by atoms with van der Waals surface area (Å²) in [4.78, 5) is 4.34. The van der Waals surface area contributed by atoms with Crippen LogP contribution in [0.5, 0.6) is 0 Å². The summed E-state index contributed by atoms with van der Waals surface area (Å²) >= 11 is 0. The standard InChI is InChI=1S/C12H22N2O/c1-4-15-12-6-5-11(9-14-12)10(2)7-8-13-3/h9-10,13H,4-8H2,1-3H3. The van der Waals surface area contributed by atoms with Gasteiger partial charge in [-0.3, -0.25) is 0 Å².